The fourth-order valence-corrected chi connectivity index (χ4v) is 4.44. The number of nitrogens with zero attached hydrogens (tertiary/aromatic N) is 2. The zero-order chi connectivity index (χ0) is 15.1. The Morgan fingerprint density at radius 2 is 2.14 bits per heavy atom. The van der Waals surface area contributed by atoms with Crippen molar-refractivity contribution < 1.29 is 4.79 Å². The van der Waals surface area contributed by atoms with Crippen LogP contribution in [0.5, 0.6) is 0 Å². The van der Waals surface area contributed by atoms with E-state index < -0.39 is 0 Å². The quantitative estimate of drug-likeness (QED) is 0.916. The SMILES string of the molecule is Cc1nn(C)c2sc(C(=O)NC(C)C3CCCC3)c(N)c12. The number of aromatic nitrogens is 2. The number of hydrogen-bond acceptors (Lipinski definition) is 4. The zero-order valence-corrected chi connectivity index (χ0v) is 13.6. The lowest BCUT2D eigenvalue weighted by Crippen LogP contribution is -2.37. The van der Waals surface area contributed by atoms with Gasteiger partial charge >= 0.3 is 0 Å². The van der Waals surface area contributed by atoms with Crippen LogP contribution in [-0.2, 0) is 7.05 Å². The summed E-state index contributed by atoms with van der Waals surface area (Å²) in [4.78, 5) is 14.1. The number of aryl methyl sites for hydroxylation is 2. The molecule has 6 heteroatoms. The molecule has 1 saturated carbocycles. The van der Waals surface area contributed by atoms with Gasteiger partial charge in [-0.15, -0.1) is 11.3 Å². The average molecular weight is 306 g/mol. The first-order valence-electron chi connectivity index (χ1n) is 7.51. The van der Waals surface area contributed by atoms with E-state index in [0.29, 0.717) is 16.5 Å². The molecule has 1 atom stereocenters. The third kappa shape index (κ3) is 2.41. The molecule has 0 aliphatic heterocycles. The summed E-state index contributed by atoms with van der Waals surface area (Å²) in [6, 6.07) is 0.212. The molecule has 21 heavy (non-hydrogen) atoms. The molecule has 0 spiro atoms. The van der Waals surface area contributed by atoms with E-state index in [1.54, 1.807) is 4.68 Å². The van der Waals surface area contributed by atoms with Crippen LogP contribution in [0.3, 0.4) is 0 Å². The summed E-state index contributed by atoms with van der Waals surface area (Å²) in [6.07, 6.45) is 4.99. The van der Waals surface area contributed by atoms with Crippen LogP contribution in [0.2, 0.25) is 0 Å². The summed E-state index contributed by atoms with van der Waals surface area (Å²) in [5.41, 5.74) is 7.62. The lowest BCUT2D eigenvalue weighted by Gasteiger charge is -2.20. The molecule has 0 aromatic carbocycles. The standard InChI is InChI=1S/C15H22N4OS/c1-8(10-6-4-5-7-10)17-14(20)13-12(16)11-9(2)18-19(3)15(11)21-13/h8,10H,4-7,16H2,1-3H3,(H,17,20). The molecule has 2 aromatic rings. The molecule has 2 aromatic heterocycles. The van der Waals surface area contributed by atoms with E-state index in [4.69, 9.17) is 5.73 Å². The van der Waals surface area contributed by atoms with Crippen LogP contribution in [0.4, 0.5) is 5.69 Å². The summed E-state index contributed by atoms with van der Waals surface area (Å²) in [6.45, 7) is 4.03. The van der Waals surface area contributed by atoms with E-state index in [9.17, 15) is 4.79 Å². The van der Waals surface area contributed by atoms with Crippen molar-refractivity contribution in [2.75, 3.05) is 5.73 Å². The van der Waals surface area contributed by atoms with E-state index in [1.807, 2.05) is 14.0 Å². The van der Waals surface area contributed by atoms with Crippen LogP contribution in [-0.4, -0.2) is 21.7 Å². The topological polar surface area (TPSA) is 72.9 Å². The molecule has 1 fully saturated rings. The predicted octanol–water partition coefficient (Wildman–Crippen LogP) is 2.83. The fourth-order valence-electron chi connectivity index (χ4n) is 3.35. The van der Waals surface area contributed by atoms with Gasteiger partial charge in [0, 0.05) is 13.1 Å². The van der Waals surface area contributed by atoms with Crippen LogP contribution in [0.25, 0.3) is 10.2 Å². The van der Waals surface area contributed by atoms with Gasteiger partial charge in [-0.1, -0.05) is 12.8 Å². The van der Waals surface area contributed by atoms with E-state index in [0.717, 1.165) is 15.9 Å². The molecular formula is C15H22N4OS. The Balaban J connectivity index is 1.84. The van der Waals surface area contributed by atoms with Crippen LogP contribution < -0.4 is 11.1 Å². The second kappa shape index (κ2) is 5.33. The summed E-state index contributed by atoms with van der Waals surface area (Å²) >= 11 is 1.43. The normalized spacial score (nSPS) is 17.5. The maximum absolute atomic E-state index is 12.5. The van der Waals surface area contributed by atoms with Gasteiger partial charge in [-0.25, -0.2) is 0 Å². The molecule has 0 bridgehead atoms. The third-order valence-electron chi connectivity index (χ3n) is 4.55. The number of rotatable bonds is 3. The largest absolute Gasteiger partial charge is 0.397 e. The molecule has 1 aliphatic rings. The molecule has 3 rings (SSSR count). The molecule has 1 amide bonds. The number of nitrogen functional groups attached to an aromatic ring is 1. The molecular weight excluding hydrogens is 284 g/mol. The summed E-state index contributed by atoms with van der Waals surface area (Å²) in [5, 5.41) is 8.40. The van der Waals surface area contributed by atoms with Crippen molar-refractivity contribution in [3.05, 3.63) is 10.6 Å². The molecule has 114 valence electrons. The molecule has 5 nitrogen and oxygen atoms in total. The Morgan fingerprint density at radius 1 is 1.48 bits per heavy atom. The highest BCUT2D eigenvalue weighted by Gasteiger charge is 2.26. The number of nitrogens with one attached hydrogen (secondary N) is 1. The number of amides is 1. The Kier molecular flexibility index (Phi) is 3.65. The number of anilines is 1. The van der Waals surface area contributed by atoms with E-state index in [2.05, 4.69) is 17.3 Å². The number of thiophene rings is 1. The van der Waals surface area contributed by atoms with Crippen molar-refractivity contribution in [1.82, 2.24) is 15.1 Å². The van der Waals surface area contributed by atoms with Crippen LogP contribution >= 0.6 is 11.3 Å². The van der Waals surface area contributed by atoms with Gasteiger partial charge in [0.05, 0.1) is 16.8 Å². The van der Waals surface area contributed by atoms with E-state index >= 15 is 0 Å². The highest BCUT2D eigenvalue weighted by atomic mass is 32.1. The Labute approximate surface area is 128 Å². The lowest BCUT2D eigenvalue weighted by molar-refractivity contribution is 0.0932. The van der Waals surface area contributed by atoms with Crippen molar-refractivity contribution in [3.63, 3.8) is 0 Å². The Morgan fingerprint density at radius 3 is 2.76 bits per heavy atom. The van der Waals surface area contributed by atoms with E-state index in [-0.39, 0.29) is 11.9 Å². The first kappa shape index (κ1) is 14.4. The minimum Gasteiger partial charge on any atom is -0.397 e. The summed E-state index contributed by atoms with van der Waals surface area (Å²) < 4.78 is 1.79. The molecule has 1 unspecified atom stereocenters. The van der Waals surface area contributed by atoms with Gasteiger partial charge in [-0.3, -0.25) is 9.48 Å². The number of carbonyl (C=O) groups excluding carboxylic acids is 1. The highest BCUT2D eigenvalue weighted by molar-refractivity contribution is 7.21. The molecule has 0 radical (unpaired) electrons. The second-order valence-corrected chi connectivity index (χ2v) is 7.04. The van der Waals surface area contributed by atoms with Crippen LogP contribution in [0, 0.1) is 12.8 Å². The fraction of sp³-hybridized carbons (Fsp3) is 0.600. The molecule has 1 aliphatic carbocycles. The molecule has 2 heterocycles. The average Bonchev–Trinajstić information content (AvgIpc) is 3.10. The Bertz CT molecular complexity index is 681. The smallest absolute Gasteiger partial charge is 0.263 e. The Hall–Kier alpha value is -1.56. The number of nitrogens with two attached hydrogens (primary N) is 1. The summed E-state index contributed by atoms with van der Waals surface area (Å²) in [7, 11) is 1.88. The van der Waals surface area contributed by atoms with Gasteiger partial charge in [0.2, 0.25) is 0 Å². The zero-order valence-electron chi connectivity index (χ0n) is 12.8. The predicted molar refractivity (Wildman–Crippen MR) is 86.6 cm³/mol. The van der Waals surface area contributed by atoms with Gasteiger partial charge in [-0.2, -0.15) is 5.10 Å². The number of hydrogen-bond donors (Lipinski definition) is 2. The lowest BCUT2D eigenvalue weighted by atomic mass is 10.00. The third-order valence-corrected chi connectivity index (χ3v) is 5.83. The van der Waals surface area contributed by atoms with Crippen molar-refractivity contribution in [2.45, 2.75) is 45.6 Å². The number of carbonyl (C=O) groups is 1. The monoisotopic (exact) mass is 306 g/mol. The number of fused-ring (bicyclic) bond motifs is 1. The van der Waals surface area contributed by atoms with Crippen LogP contribution in [0.15, 0.2) is 0 Å². The first-order chi connectivity index (χ1) is 9.99. The maximum Gasteiger partial charge on any atom is 0.263 e. The minimum absolute atomic E-state index is 0.0486. The molecule has 3 N–H and O–H groups in total. The van der Waals surface area contributed by atoms with Crippen molar-refractivity contribution in [3.8, 4) is 0 Å². The molecule has 0 saturated heterocycles. The van der Waals surface area contributed by atoms with Gasteiger partial charge in [-0.05, 0) is 32.6 Å². The van der Waals surface area contributed by atoms with Gasteiger partial charge in [0.15, 0.2) is 0 Å². The van der Waals surface area contributed by atoms with E-state index in [1.165, 1.54) is 37.0 Å². The highest BCUT2D eigenvalue weighted by Crippen LogP contribution is 2.35. The van der Waals surface area contributed by atoms with Crippen molar-refractivity contribution in [1.29, 1.82) is 0 Å². The maximum atomic E-state index is 12.5. The van der Waals surface area contributed by atoms with Gasteiger partial charge in [0.25, 0.3) is 5.91 Å². The second-order valence-electron chi connectivity index (χ2n) is 6.04. The summed E-state index contributed by atoms with van der Waals surface area (Å²) in [5.74, 6) is 0.556. The minimum atomic E-state index is -0.0486. The van der Waals surface area contributed by atoms with Crippen molar-refractivity contribution in [2.24, 2.45) is 13.0 Å². The van der Waals surface area contributed by atoms with Gasteiger partial charge in [0.1, 0.15) is 9.71 Å². The van der Waals surface area contributed by atoms with Crippen LogP contribution in [0.1, 0.15) is 48.0 Å². The van der Waals surface area contributed by atoms with Gasteiger partial charge < -0.3 is 11.1 Å². The van der Waals surface area contributed by atoms with Crippen molar-refractivity contribution >= 4 is 33.1 Å². The first-order valence-corrected chi connectivity index (χ1v) is 8.33.